The number of nitrogens with zero attached hydrogens (tertiary/aromatic N) is 1. The summed E-state index contributed by atoms with van der Waals surface area (Å²) in [5, 5.41) is 4.96. The zero-order chi connectivity index (χ0) is 17.0. The lowest BCUT2D eigenvalue weighted by Crippen LogP contribution is -2.18. The standard InChI is InChI=1S/C18H18Cl2N2O/c1-18(2,3)14-7-4-12(5-8-14)17(23)22-21-11-13-6-9-15(19)10-16(13)20/h4-11H,1-3H3,(H,22,23)/b21-11-. The first-order valence-electron chi connectivity index (χ1n) is 7.16. The summed E-state index contributed by atoms with van der Waals surface area (Å²) < 4.78 is 0. The van der Waals surface area contributed by atoms with Crippen LogP contribution in [0, 0.1) is 0 Å². The fourth-order valence-electron chi connectivity index (χ4n) is 1.95. The fourth-order valence-corrected chi connectivity index (χ4v) is 2.41. The van der Waals surface area contributed by atoms with Crippen molar-refractivity contribution in [3.63, 3.8) is 0 Å². The molecule has 23 heavy (non-hydrogen) atoms. The van der Waals surface area contributed by atoms with Crippen LogP contribution >= 0.6 is 23.2 Å². The highest BCUT2D eigenvalue weighted by Gasteiger charge is 2.14. The van der Waals surface area contributed by atoms with E-state index in [0.29, 0.717) is 21.2 Å². The Labute approximate surface area is 146 Å². The topological polar surface area (TPSA) is 41.5 Å². The Morgan fingerprint density at radius 2 is 1.74 bits per heavy atom. The summed E-state index contributed by atoms with van der Waals surface area (Å²) in [5.74, 6) is -0.271. The maximum absolute atomic E-state index is 12.1. The van der Waals surface area contributed by atoms with E-state index in [-0.39, 0.29) is 11.3 Å². The predicted molar refractivity (Wildman–Crippen MR) is 96.7 cm³/mol. The quantitative estimate of drug-likeness (QED) is 0.611. The average Bonchev–Trinajstić information content (AvgIpc) is 2.48. The van der Waals surface area contributed by atoms with Crippen molar-refractivity contribution in [2.45, 2.75) is 26.2 Å². The Balaban J connectivity index is 2.03. The van der Waals surface area contributed by atoms with Gasteiger partial charge in [0, 0.05) is 16.1 Å². The second-order valence-electron chi connectivity index (χ2n) is 6.19. The summed E-state index contributed by atoms with van der Waals surface area (Å²) >= 11 is 11.9. The van der Waals surface area contributed by atoms with Gasteiger partial charge in [-0.2, -0.15) is 5.10 Å². The molecular formula is C18H18Cl2N2O. The van der Waals surface area contributed by atoms with E-state index in [1.807, 2.05) is 12.1 Å². The first kappa shape index (κ1) is 17.5. The van der Waals surface area contributed by atoms with E-state index in [2.05, 4.69) is 31.3 Å². The van der Waals surface area contributed by atoms with Gasteiger partial charge < -0.3 is 0 Å². The molecule has 0 fully saturated rings. The number of hydrazone groups is 1. The Morgan fingerprint density at radius 1 is 1.09 bits per heavy atom. The average molecular weight is 349 g/mol. The van der Waals surface area contributed by atoms with Crippen molar-refractivity contribution < 1.29 is 4.79 Å². The fraction of sp³-hybridized carbons (Fsp3) is 0.222. The van der Waals surface area contributed by atoms with E-state index in [9.17, 15) is 4.79 Å². The van der Waals surface area contributed by atoms with Crippen molar-refractivity contribution in [3.8, 4) is 0 Å². The molecule has 0 unspecified atom stereocenters. The molecular weight excluding hydrogens is 331 g/mol. The van der Waals surface area contributed by atoms with E-state index < -0.39 is 0 Å². The SMILES string of the molecule is CC(C)(C)c1ccc(C(=O)N/N=C\c2ccc(Cl)cc2Cl)cc1. The summed E-state index contributed by atoms with van der Waals surface area (Å²) in [5.41, 5.74) is 4.95. The number of hydrogen-bond donors (Lipinski definition) is 1. The number of nitrogens with one attached hydrogen (secondary N) is 1. The molecule has 0 aliphatic rings. The van der Waals surface area contributed by atoms with Gasteiger partial charge in [-0.3, -0.25) is 4.79 Å². The van der Waals surface area contributed by atoms with Crippen LogP contribution in [-0.4, -0.2) is 12.1 Å². The number of halogens is 2. The molecule has 0 aromatic heterocycles. The van der Waals surface area contributed by atoms with Crippen LogP contribution in [0.5, 0.6) is 0 Å². The molecule has 0 aliphatic heterocycles. The Morgan fingerprint density at radius 3 is 2.30 bits per heavy atom. The largest absolute Gasteiger partial charge is 0.271 e. The molecule has 0 saturated carbocycles. The Hall–Kier alpha value is -1.84. The molecule has 5 heteroatoms. The van der Waals surface area contributed by atoms with E-state index in [1.165, 1.54) is 11.8 Å². The maximum Gasteiger partial charge on any atom is 0.271 e. The summed E-state index contributed by atoms with van der Waals surface area (Å²) in [6.45, 7) is 6.38. The highest BCUT2D eigenvalue weighted by Crippen LogP contribution is 2.22. The van der Waals surface area contributed by atoms with Crippen LogP contribution in [0.15, 0.2) is 47.6 Å². The van der Waals surface area contributed by atoms with Gasteiger partial charge in [0.25, 0.3) is 5.91 Å². The lowest BCUT2D eigenvalue weighted by Gasteiger charge is -2.18. The molecule has 0 saturated heterocycles. The molecule has 0 atom stereocenters. The summed E-state index contributed by atoms with van der Waals surface area (Å²) in [4.78, 5) is 12.1. The third-order valence-electron chi connectivity index (χ3n) is 3.35. The smallest absolute Gasteiger partial charge is 0.267 e. The highest BCUT2D eigenvalue weighted by atomic mass is 35.5. The molecule has 0 bridgehead atoms. The highest BCUT2D eigenvalue weighted by molar-refractivity contribution is 6.36. The molecule has 1 N–H and O–H groups in total. The number of carbonyl (C=O) groups is 1. The maximum atomic E-state index is 12.1. The van der Waals surface area contributed by atoms with Crippen LogP contribution < -0.4 is 5.43 Å². The predicted octanol–water partition coefficient (Wildman–Crippen LogP) is 5.05. The third kappa shape index (κ3) is 4.81. The number of hydrogen-bond acceptors (Lipinski definition) is 2. The molecule has 1 amide bonds. The van der Waals surface area contributed by atoms with E-state index in [1.54, 1.807) is 30.3 Å². The lowest BCUT2D eigenvalue weighted by atomic mass is 9.87. The van der Waals surface area contributed by atoms with Gasteiger partial charge in [-0.1, -0.05) is 62.2 Å². The number of benzene rings is 2. The van der Waals surface area contributed by atoms with Gasteiger partial charge in [0.1, 0.15) is 0 Å². The first-order valence-corrected chi connectivity index (χ1v) is 7.92. The van der Waals surface area contributed by atoms with Crippen molar-refractivity contribution in [1.82, 2.24) is 5.43 Å². The molecule has 2 aromatic rings. The second kappa shape index (κ2) is 7.16. The Bertz CT molecular complexity index is 732. The van der Waals surface area contributed by atoms with E-state index >= 15 is 0 Å². The Kier molecular flexibility index (Phi) is 5.45. The minimum atomic E-state index is -0.271. The van der Waals surface area contributed by atoms with Crippen LogP contribution in [0.1, 0.15) is 42.3 Å². The van der Waals surface area contributed by atoms with Crippen LogP contribution in [-0.2, 0) is 5.41 Å². The molecule has 120 valence electrons. The molecule has 0 aliphatic carbocycles. The third-order valence-corrected chi connectivity index (χ3v) is 3.91. The molecule has 3 nitrogen and oxygen atoms in total. The van der Waals surface area contributed by atoms with Crippen LogP contribution in [0.2, 0.25) is 10.0 Å². The number of rotatable bonds is 3. The van der Waals surface area contributed by atoms with Crippen molar-refractivity contribution in [2.75, 3.05) is 0 Å². The monoisotopic (exact) mass is 348 g/mol. The van der Waals surface area contributed by atoms with Crippen molar-refractivity contribution in [3.05, 3.63) is 69.2 Å². The summed E-state index contributed by atoms with van der Waals surface area (Å²) in [6.07, 6.45) is 1.49. The number of amides is 1. The first-order chi connectivity index (χ1) is 10.8. The zero-order valence-electron chi connectivity index (χ0n) is 13.2. The zero-order valence-corrected chi connectivity index (χ0v) is 14.7. The van der Waals surface area contributed by atoms with Gasteiger partial charge in [-0.05, 0) is 35.2 Å². The van der Waals surface area contributed by atoms with Gasteiger partial charge in [0.05, 0.1) is 11.2 Å². The van der Waals surface area contributed by atoms with E-state index in [4.69, 9.17) is 23.2 Å². The molecule has 2 rings (SSSR count). The lowest BCUT2D eigenvalue weighted by molar-refractivity contribution is 0.0955. The molecule has 2 aromatic carbocycles. The number of carbonyl (C=O) groups excluding carboxylic acids is 1. The van der Waals surface area contributed by atoms with Crippen LogP contribution in [0.3, 0.4) is 0 Å². The van der Waals surface area contributed by atoms with Gasteiger partial charge in [-0.25, -0.2) is 5.43 Å². The summed E-state index contributed by atoms with van der Waals surface area (Å²) in [6, 6.07) is 12.6. The normalized spacial score (nSPS) is 11.7. The summed E-state index contributed by atoms with van der Waals surface area (Å²) in [7, 11) is 0. The molecule has 0 heterocycles. The van der Waals surface area contributed by atoms with Crippen molar-refractivity contribution >= 4 is 35.3 Å². The van der Waals surface area contributed by atoms with Crippen molar-refractivity contribution in [1.29, 1.82) is 0 Å². The molecule has 0 radical (unpaired) electrons. The van der Waals surface area contributed by atoms with Crippen molar-refractivity contribution in [2.24, 2.45) is 5.10 Å². The van der Waals surface area contributed by atoms with Gasteiger partial charge >= 0.3 is 0 Å². The van der Waals surface area contributed by atoms with Crippen LogP contribution in [0.4, 0.5) is 0 Å². The molecule has 0 spiro atoms. The van der Waals surface area contributed by atoms with Gasteiger partial charge in [0.2, 0.25) is 0 Å². The van der Waals surface area contributed by atoms with Gasteiger partial charge in [-0.15, -0.1) is 0 Å². The minimum absolute atomic E-state index is 0.0541. The second-order valence-corrected chi connectivity index (χ2v) is 7.04. The van der Waals surface area contributed by atoms with E-state index in [0.717, 1.165) is 0 Å². The van der Waals surface area contributed by atoms with Gasteiger partial charge in [0.15, 0.2) is 0 Å². The minimum Gasteiger partial charge on any atom is -0.267 e. The van der Waals surface area contributed by atoms with Crippen LogP contribution in [0.25, 0.3) is 0 Å².